The third-order valence-corrected chi connectivity index (χ3v) is 2.47. The summed E-state index contributed by atoms with van der Waals surface area (Å²) in [5.41, 5.74) is 11.4. The first-order valence-electron chi connectivity index (χ1n) is 5.17. The van der Waals surface area contributed by atoms with Gasteiger partial charge in [0.25, 0.3) is 0 Å². The Balaban J connectivity index is 2.32. The number of pyridine rings is 1. The first kappa shape index (κ1) is 12.5. The number of hydrogen-bond donors (Lipinski definition) is 2. The van der Waals surface area contributed by atoms with Gasteiger partial charge < -0.3 is 11.5 Å². The van der Waals surface area contributed by atoms with Gasteiger partial charge in [0.1, 0.15) is 5.82 Å². The highest BCUT2D eigenvalue weighted by Gasteiger charge is 2.17. The van der Waals surface area contributed by atoms with Gasteiger partial charge in [-0.1, -0.05) is 16.8 Å². The van der Waals surface area contributed by atoms with Crippen molar-refractivity contribution >= 4 is 23.2 Å². The normalized spacial score (nSPS) is 10.6. The van der Waals surface area contributed by atoms with Gasteiger partial charge in [-0.25, -0.2) is 4.98 Å². The van der Waals surface area contributed by atoms with E-state index in [1.807, 2.05) is 0 Å². The van der Waals surface area contributed by atoms with Crippen molar-refractivity contribution in [3.63, 3.8) is 0 Å². The fourth-order valence-electron chi connectivity index (χ4n) is 1.41. The zero-order chi connectivity index (χ0) is 13.1. The fourth-order valence-corrected chi connectivity index (χ4v) is 1.57. The first-order chi connectivity index (χ1) is 8.61. The summed E-state index contributed by atoms with van der Waals surface area (Å²) in [4.78, 5) is 15.9. The number of rotatable bonds is 4. The standard InChI is InChI=1S/C10H11ClN6O/c11-6-3-7(10(13)14-4-6)9(18)8-5-17(2-1-12)16-15-8/h3-5H,1-2,12H2,(H2,13,14). The minimum Gasteiger partial charge on any atom is -0.383 e. The average molecular weight is 267 g/mol. The van der Waals surface area contributed by atoms with Crippen LogP contribution in [0.25, 0.3) is 0 Å². The number of nitrogens with two attached hydrogens (primary N) is 2. The number of halogens is 1. The van der Waals surface area contributed by atoms with Crippen LogP contribution in [0.4, 0.5) is 5.82 Å². The molecule has 0 saturated heterocycles. The van der Waals surface area contributed by atoms with Crippen LogP contribution in [-0.4, -0.2) is 32.3 Å². The Bertz CT molecular complexity index is 581. The van der Waals surface area contributed by atoms with E-state index < -0.39 is 0 Å². The number of nitrogens with zero attached hydrogens (tertiary/aromatic N) is 4. The largest absolute Gasteiger partial charge is 0.383 e. The van der Waals surface area contributed by atoms with Crippen LogP contribution in [0.2, 0.25) is 5.02 Å². The smallest absolute Gasteiger partial charge is 0.218 e. The van der Waals surface area contributed by atoms with Crippen molar-refractivity contribution in [2.45, 2.75) is 6.54 Å². The van der Waals surface area contributed by atoms with Gasteiger partial charge in [-0.05, 0) is 6.07 Å². The van der Waals surface area contributed by atoms with Gasteiger partial charge in [0, 0.05) is 12.7 Å². The lowest BCUT2D eigenvalue weighted by atomic mass is 10.1. The highest BCUT2D eigenvalue weighted by Crippen LogP contribution is 2.17. The fraction of sp³-hybridized carbons (Fsp3) is 0.200. The van der Waals surface area contributed by atoms with Gasteiger partial charge in [-0.15, -0.1) is 5.10 Å². The molecule has 0 aliphatic heterocycles. The summed E-state index contributed by atoms with van der Waals surface area (Å²) >= 11 is 5.78. The van der Waals surface area contributed by atoms with E-state index in [4.69, 9.17) is 23.1 Å². The van der Waals surface area contributed by atoms with E-state index in [-0.39, 0.29) is 22.9 Å². The van der Waals surface area contributed by atoms with Crippen LogP contribution in [0.5, 0.6) is 0 Å². The SMILES string of the molecule is NCCn1cc(C(=O)c2cc(Cl)cnc2N)nn1. The maximum absolute atomic E-state index is 12.1. The van der Waals surface area contributed by atoms with Crippen molar-refractivity contribution in [3.05, 3.63) is 34.7 Å². The molecular formula is C10H11ClN6O. The van der Waals surface area contributed by atoms with Gasteiger partial charge in [-0.2, -0.15) is 0 Å². The maximum Gasteiger partial charge on any atom is 0.218 e. The molecule has 18 heavy (non-hydrogen) atoms. The van der Waals surface area contributed by atoms with Gasteiger partial charge >= 0.3 is 0 Å². The summed E-state index contributed by atoms with van der Waals surface area (Å²) in [7, 11) is 0. The van der Waals surface area contributed by atoms with E-state index in [0.717, 1.165) is 0 Å². The van der Waals surface area contributed by atoms with E-state index in [1.165, 1.54) is 23.1 Å². The molecule has 0 aliphatic rings. The van der Waals surface area contributed by atoms with E-state index in [0.29, 0.717) is 18.1 Å². The van der Waals surface area contributed by atoms with Gasteiger partial charge in [0.2, 0.25) is 5.78 Å². The third-order valence-electron chi connectivity index (χ3n) is 2.26. The molecule has 0 radical (unpaired) electrons. The quantitative estimate of drug-likeness (QED) is 0.759. The number of hydrogen-bond acceptors (Lipinski definition) is 6. The molecular weight excluding hydrogens is 256 g/mol. The minimum atomic E-state index is -0.370. The van der Waals surface area contributed by atoms with Crippen molar-refractivity contribution in [1.82, 2.24) is 20.0 Å². The number of ketones is 1. The molecule has 2 aromatic rings. The van der Waals surface area contributed by atoms with Crippen LogP contribution in [-0.2, 0) is 6.54 Å². The highest BCUT2D eigenvalue weighted by atomic mass is 35.5. The number of anilines is 1. The van der Waals surface area contributed by atoms with Crippen LogP contribution in [0.3, 0.4) is 0 Å². The number of carbonyl (C=O) groups is 1. The number of aromatic nitrogens is 4. The average Bonchev–Trinajstić information content (AvgIpc) is 2.80. The second-order valence-corrected chi connectivity index (χ2v) is 4.01. The van der Waals surface area contributed by atoms with Crippen LogP contribution < -0.4 is 11.5 Å². The third kappa shape index (κ3) is 2.47. The summed E-state index contributed by atoms with van der Waals surface area (Å²) in [6.07, 6.45) is 2.88. The molecule has 0 spiro atoms. The van der Waals surface area contributed by atoms with Crippen LogP contribution in [0.1, 0.15) is 16.1 Å². The Kier molecular flexibility index (Phi) is 3.54. The second-order valence-electron chi connectivity index (χ2n) is 3.57. The topological polar surface area (TPSA) is 113 Å². The highest BCUT2D eigenvalue weighted by molar-refractivity contribution is 6.31. The van der Waals surface area contributed by atoms with Crippen molar-refractivity contribution < 1.29 is 4.79 Å². The lowest BCUT2D eigenvalue weighted by Crippen LogP contribution is -2.10. The van der Waals surface area contributed by atoms with Gasteiger partial charge in [-0.3, -0.25) is 9.48 Å². The lowest BCUT2D eigenvalue weighted by molar-refractivity contribution is 0.103. The monoisotopic (exact) mass is 266 g/mol. The molecule has 4 N–H and O–H groups in total. The minimum absolute atomic E-state index is 0.109. The second kappa shape index (κ2) is 5.11. The molecule has 0 atom stereocenters. The molecule has 94 valence electrons. The summed E-state index contributed by atoms with van der Waals surface area (Å²) in [6.45, 7) is 0.904. The zero-order valence-corrected chi connectivity index (χ0v) is 10.1. The predicted molar refractivity (Wildman–Crippen MR) is 66.2 cm³/mol. The summed E-state index contributed by atoms with van der Waals surface area (Å²) < 4.78 is 1.49. The van der Waals surface area contributed by atoms with E-state index >= 15 is 0 Å². The molecule has 2 rings (SSSR count). The molecule has 2 aromatic heterocycles. The Morgan fingerprint density at radius 3 is 3.00 bits per heavy atom. The Morgan fingerprint density at radius 2 is 2.28 bits per heavy atom. The number of nitrogen functional groups attached to an aromatic ring is 1. The molecule has 0 amide bonds. The van der Waals surface area contributed by atoms with E-state index in [1.54, 1.807) is 0 Å². The molecule has 8 heteroatoms. The van der Waals surface area contributed by atoms with Crippen molar-refractivity contribution in [2.75, 3.05) is 12.3 Å². The van der Waals surface area contributed by atoms with Crippen LogP contribution >= 0.6 is 11.6 Å². The van der Waals surface area contributed by atoms with Gasteiger partial charge in [0.15, 0.2) is 5.69 Å². The summed E-state index contributed by atoms with van der Waals surface area (Å²) in [5, 5.41) is 7.87. The summed E-state index contributed by atoms with van der Waals surface area (Å²) in [5.74, 6) is -0.261. The molecule has 0 aliphatic carbocycles. The molecule has 7 nitrogen and oxygen atoms in total. The summed E-state index contributed by atoms with van der Waals surface area (Å²) in [6, 6.07) is 1.45. The molecule has 0 aromatic carbocycles. The molecule has 0 bridgehead atoms. The van der Waals surface area contributed by atoms with Crippen molar-refractivity contribution in [1.29, 1.82) is 0 Å². The van der Waals surface area contributed by atoms with Crippen LogP contribution in [0.15, 0.2) is 18.5 Å². The zero-order valence-electron chi connectivity index (χ0n) is 9.38. The Hall–Kier alpha value is -1.99. The van der Waals surface area contributed by atoms with E-state index in [2.05, 4.69) is 15.3 Å². The predicted octanol–water partition coefficient (Wildman–Crippen LogP) is 0.0984. The van der Waals surface area contributed by atoms with Crippen molar-refractivity contribution in [2.24, 2.45) is 5.73 Å². The first-order valence-corrected chi connectivity index (χ1v) is 5.55. The molecule has 0 fully saturated rings. The Labute approximate surface area is 108 Å². The molecule has 2 heterocycles. The lowest BCUT2D eigenvalue weighted by Gasteiger charge is -2.01. The molecule has 0 saturated carbocycles. The van der Waals surface area contributed by atoms with E-state index in [9.17, 15) is 4.79 Å². The number of carbonyl (C=O) groups excluding carboxylic acids is 1. The van der Waals surface area contributed by atoms with Crippen LogP contribution in [0, 0.1) is 0 Å². The van der Waals surface area contributed by atoms with Gasteiger partial charge in [0.05, 0.1) is 23.3 Å². The molecule has 0 unspecified atom stereocenters. The van der Waals surface area contributed by atoms with Crippen molar-refractivity contribution in [3.8, 4) is 0 Å². The Morgan fingerprint density at radius 1 is 1.50 bits per heavy atom. The maximum atomic E-state index is 12.1.